The number of ether oxygens (including phenoxy) is 4. The molecule has 13 unspecified atom stereocenters. The first-order valence-corrected chi connectivity index (χ1v) is 19.3. The second kappa shape index (κ2) is 15.0. The number of hydrogen-bond donors (Lipinski definition) is 6. The van der Waals surface area contributed by atoms with Crippen LogP contribution in [0.2, 0.25) is 0 Å². The van der Waals surface area contributed by atoms with Gasteiger partial charge in [-0.25, -0.2) is 0 Å². The van der Waals surface area contributed by atoms with Gasteiger partial charge in [0, 0.05) is 12.8 Å². The third-order valence-electron chi connectivity index (χ3n) is 14.6. The zero-order valence-electron chi connectivity index (χ0n) is 28.9. The van der Waals surface area contributed by atoms with E-state index in [1.54, 1.807) is 0 Å². The molecule has 2 heterocycles. The fourth-order valence-electron chi connectivity index (χ4n) is 12.9. The van der Waals surface area contributed by atoms with Crippen molar-refractivity contribution in [2.75, 3.05) is 26.7 Å². The van der Waals surface area contributed by atoms with E-state index in [9.17, 15) is 25.2 Å². The maximum atomic E-state index is 12.1. The summed E-state index contributed by atoms with van der Waals surface area (Å²) in [5.74, 6) is 2.88. The molecule has 5 aliphatic carbocycles. The van der Waals surface area contributed by atoms with E-state index in [0.717, 1.165) is 45.1 Å². The van der Waals surface area contributed by atoms with Gasteiger partial charge in [0.1, 0.15) is 13.6 Å². The second-order valence-electron chi connectivity index (χ2n) is 17.1. The first kappa shape index (κ1) is 35.5. The van der Waals surface area contributed by atoms with Crippen LogP contribution in [0.4, 0.5) is 0 Å². The monoisotopic (exact) mass is 678 g/mol. The van der Waals surface area contributed by atoms with Gasteiger partial charge in [0.2, 0.25) is 0 Å². The summed E-state index contributed by atoms with van der Waals surface area (Å²) in [6.07, 6.45) is 12.0. The summed E-state index contributed by atoms with van der Waals surface area (Å²) in [5.41, 5.74) is 6.28. The zero-order valence-corrected chi connectivity index (χ0v) is 28.9. The van der Waals surface area contributed by atoms with E-state index in [4.69, 9.17) is 24.7 Å². The SMILES string of the molecule is CC(=O)OC[C@@H]1C2CCC3C4C(CC(O)CC4OCO)C[C@@]4(CC[C@@H](CC5CCC(N)NC5)C4)C3C2O[C@@H]1C1CCC(O)C(OCO)C1. The molecule has 7 N–H and O–H groups in total. The van der Waals surface area contributed by atoms with Crippen molar-refractivity contribution in [2.24, 2.45) is 64.4 Å². The van der Waals surface area contributed by atoms with Crippen molar-refractivity contribution in [1.29, 1.82) is 0 Å². The van der Waals surface area contributed by atoms with Crippen molar-refractivity contribution in [3.63, 3.8) is 0 Å². The van der Waals surface area contributed by atoms with Crippen LogP contribution >= 0.6 is 0 Å². The Morgan fingerprint density at radius 1 is 0.875 bits per heavy atom. The molecule has 0 amide bonds. The lowest BCUT2D eigenvalue weighted by Crippen LogP contribution is -2.59. The van der Waals surface area contributed by atoms with Crippen molar-refractivity contribution in [2.45, 2.75) is 140 Å². The topological polar surface area (TPSA) is 173 Å². The predicted molar refractivity (Wildman–Crippen MR) is 176 cm³/mol. The van der Waals surface area contributed by atoms with Crippen LogP contribution < -0.4 is 11.1 Å². The molecule has 2 saturated heterocycles. The van der Waals surface area contributed by atoms with Crippen molar-refractivity contribution in [3.8, 4) is 0 Å². The molecule has 0 radical (unpaired) electrons. The van der Waals surface area contributed by atoms with E-state index in [1.807, 2.05) is 0 Å². The summed E-state index contributed by atoms with van der Waals surface area (Å²) >= 11 is 0. The van der Waals surface area contributed by atoms with Crippen LogP contribution in [0, 0.1) is 58.7 Å². The van der Waals surface area contributed by atoms with E-state index >= 15 is 0 Å². The Kier molecular flexibility index (Phi) is 11.1. The van der Waals surface area contributed by atoms with Crippen LogP contribution in [0.1, 0.15) is 96.8 Å². The Morgan fingerprint density at radius 3 is 2.42 bits per heavy atom. The largest absolute Gasteiger partial charge is 0.465 e. The standard InChI is InChI=1S/C37H62N2O9/c1-20(42)45-17-28-26-4-5-27-33-24(11-25(43)13-31(33)47-19-41)15-37(9-8-21(14-37)10-22-2-7-32(38)39-16-22)34(27)36(26)48-35(28)23-3-6-29(44)30(12-23)46-18-40/h21-36,39-41,43-44H,2-19,38H2,1H3/t21-,22?,23?,24?,25?,26?,27?,28+,29?,30?,31?,32?,33?,34?,35+,36?,37-/m0/s1. The van der Waals surface area contributed by atoms with Crippen LogP contribution in [0.3, 0.4) is 0 Å². The molecule has 0 aromatic heterocycles. The minimum atomic E-state index is -0.609. The lowest BCUT2D eigenvalue weighted by molar-refractivity contribution is -0.207. The highest BCUT2D eigenvalue weighted by molar-refractivity contribution is 5.65. The molecule has 0 aromatic rings. The molecule has 0 bridgehead atoms. The second-order valence-corrected chi connectivity index (χ2v) is 17.1. The van der Waals surface area contributed by atoms with Crippen LogP contribution in [0.15, 0.2) is 0 Å². The summed E-state index contributed by atoms with van der Waals surface area (Å²) in [7, 11) is 0. The van der Waals surface area contributed by atoms with Gasteiger partial charge in [0.15, 0.2) is 0 Å². The van der Waals surface area contributed by atoms with Crippen molar-refractivity contribution < 1.29 is 44.2 Å². The third kappa shape index (κ3) is 6.98. The van der Waals surface area contributed by atoms with E-state index in [2.05, 4.69) is 5.32 Å². The highest BCUT2D eigenvalue weighted by atomic mass is 16.6. The van der Waals surface area contributed by atoms with Crippen molar-refractivity contribution in [1.82, 2.24) is 5.32 Å². The number of fused-ring (bicyclic) bond motifs is 6. The van der Waals surface area contributed by atoms with Gasteiger partial charge in [-0.1, -0.05) is 0 Å². The molecule has 274 valence electrons. The Hall–Kier alpha value is -0.890. The van der Waals surface area contributed by atoms with E-state index in [0.29, 0.717) is 55.5 Å². The van der Waals surface area contributed by atoms with Gasteiger partial charge in [-0.05, 0) is 149 Å². The molecule has 17 atom stereocenters. The van der Waals surface area contributed by atoms with Gasteiger partial charge in [0.05, 0.1) is 49.4 Å². The maximum absolute atomic E-state index is 12.1. The number of rotatable bonds is 9. The number of esters is 1. The highest BCUT2D eigenvalue weighted by Gasteiger charge is 2.65. The summed E-state index contributed by atoms with van der Waals surface area (Å²) in [6, 6.07) is 0. The molecule has 7 rings (SSSR count). The minimum absolute atomic E-state index is 0.0361. The van der Waals surface area contributed by atoms with Gasteiger partial charge in [0.25, 0.3) is 0 Å². The molecular formula is C37H62N2O9. The molecule has 7 aliphatic rings. The van der Waals surface area contributed by atoms with Crippen LogP contribution in [-0.2, 0) is 23.7 Å². The fraction of sp³-hybridized carbons (Fsp3) is 0.973. The van der Waals surface area contributed by atoms with Gasteiger partial charge >= 0.3 is 5.97 Å². The number of nitrogens with one attached hydrogen (secondary N) is 1. The number of hydrogen-bond acceptors (Lipinski definition) is 11. The van der Waals surface area contributed by atoms with Crippen LogP contribution in [0.25, 0.3) is 0 Å². The third-order valence-corrected chi connectivity index (χ3v) is 14.6. The smallest absolute Gasteiger partial charge is 0.302 e. The molecule has 5 saturated carbocycles. The van der Waals surface area contributed by atoms with Crippen LogP contribution in [0.5, 0.6) is 0 Å². The fourth-order valence-corrected chi connectivity index (χ4v) is 12.9. The molecule has 7 fully saturated rings. The Bertz CT molecular complexity index is 1090. The molecular weight excluding hydrogens is 616 g/mol. The summed E-state index contributed by atoms with van der Waals surface area (Å²) in [5, 5.41) is 44.6. The number of carbonyl (C=O) groups excluding carboxylic acids is 1. The Balaban J connectivity index is 1.19. The molecule has 48 heavy (non-hydrogen) atoms. The molecule has 0 aromatic carbocycles. The van der Waals surface area contributed by atoms with Crippen molar-refractivity contribution in [3.05, 3.63) is 0 Å². The average Bonchev–Trinajstić information content (AvgIpc) is 3.63. The Labute approximate surface area is 286 Å². The number of nitrogens with two attached hydrogens (primary N) is 1. The van der Waals surface area contributed by atoms with Gasteiger partial charge in [-0.15, -0.1) is 0 Å². The number of aliphatic hydroxyl groups excluding tert-OH is 4. The van der Waals surface area contributed by atoms with Crippen molar-refractivity contribution >= 4 is 5.97 Å². The lowest BCUT2D eigenvalue weighted by Gasteiger charge is -2.61. The first-order chi connectivity index (χ1) is 23.2. The average molecular weight is 679 g/mol. The number of aliphatic hydroxyl groups is 4. The highest BCUT2D eigenvalue weighted by Crippen LogP contribution is 2.68. The Morgan fingerprint density at radius 2 is 1.67 bits per heavy atom. The first-order valence-electron chi connectivity index (χ1n) is 19.3. The lowest BCUT2D eigenvalue weighted by atomic mass is 9.45. The molecule has 11 heteroatoms. The quantitative estimate of drug-likeness (QED) is 0.156. The van der Waals surface area contributed by atoms with E-state index in [1.165, 1.54) is 39.0 Å². The molecule has 2 aliphatic heterocycles. The van der Waals surface area contributed by atoms with Crippen LogP contribution in [-0.4, -0.2) is 95.9 Å². The van der Waals surface area contributed by atoms with Gasteiger partial charge < -0.3 is 50.4 Å². The predicted octanol–water partition coefficient (Wildman–Crippen LogP) is 2.66. The van der Waals surface area contributed by atoms with E-state index in [-0.39, 0.29) is 66.3 Å². The van der Waals surface area contributed by atoms with Gasteiger partial charge in [-0.3, -0.25) is 4.79 Å². The molecule has 11 nitrogen and oxygen atoms in total. The normalized spacial score (nSPS) is 50.5. The summed E-state index contributed by atoms with van der Waals surface area (Å²) < 4.78 is 24.8. The summed E-state index contributed by atoms with van der Waals surface area (Å²) in [4.78, 5) is 12.1. The molecule has 1 spiro atoms. The summed E-state index contributed by atoms with van der Waals surface area (Å²) in [6.45, 7) is 2.06. The van der Waals surface area contributed by atoms with E-state index < -0.39 is 25.1 Å². The zero-order chi connectivity index (χ0) is 33.6. The number of carbonyl (C=O) groups is 1. The maximum Gasteiger partial charge on any atom is 0.302 e. The van der Waals surface area contributed by atoms with Gasteiger partial charge in [-0.2, -0.15) is 0 Å². The minimum Gasteiger partial charge on any atom is -0.465 e. The number of piperidine rings is 1.